The number of amides is 2. The Hall–Kier alpha value is -1.10. The van der Waals surface area contributed by atoms with Crippen molar-refractivity contribution in [3.63, 3.8) is 0 Å². The number of likely N-dealkylation sites (tertiary alicyclic amines) is 1. The summed E-state index contributed by atoms with van der Waals surface area (Å²) in [5.41, 5.74) is -0.216. The number of nitrogens with one attached hydrogen (secondary N) is 2. The van der Waals surface area contributed by atoms with Crippen LogP contribution in [-0.4, -0.2) is 47.9 Å². The van der Waals surface area contributed by atoms with Crippen LogP contribution in [0.2, 0.25) is 0 Å². The lowest BCUT2D eigenvalue weighted by atomic mass is 10.0. The highest BCUT2D eigenvalue weighted by Gasteiger charge is 2.26. The largest absolute Gasteiger partial charge is 0.350 e. The molecule has 5 heteroatoms. The predicted octanol–water partition coefficient (Wildman–Crippen LogP) is 0.500. The van der Waals surface area contributed by atoms with E-state index in [0.717, 1.165) is 6.42 Å². The topological polar surface area (TPSA) is 61.4 Å². The highest BCUT2D eigenvalue weighted by atomic mass is 16.2. The van der Waals surface area contributed by atoms with Gasteiger partial charge in [0.2, 0.25) is 11.8 Å². The van der Waals surface area contributed by atoms with Gasteiger partial charge in [0.15, 0.2) is 0 Å². The first kappa shape index (κ1) is 15.0. The number of carbonyl (C=O) groups excluding carboxylic acids is 2. The van der Waals surface area contributed by atoms with Crippen molar-refractivity contribution in [2.24, 2.45) is 0 Å². The molecule has 2 unspecified atom stereocenters. The quantitative estimate of drug-likeness (QED) is 0.772. The fourth-order valence-electron chi connectivity index (χ4n) is 2.06. The molecule has 18 heavy (non-hydrogen) atoms. The van der Waals surface area contributed by atoms with Gasteiger partial charge in [-0.05, 0) is 34.1 Å². The lowest BCUT2D eigenvalue weighted by molar-refractivity contribution is -0.132. The van der Waals surface area contributed by atoms with Crippen LogP contribution in [0.15, 0.2) is 0 Å². The highest BCUT2D eigenvalue weighted by molar-refractivity contribution is 5.82. The maximum absolute atomic E-state index is 11.9. The van der Waals surface area contributed by atoms with E-state index >= 15 is 0 Å². The summed E-state index contributed by atoms with van der Waals surface area (Å²) in [6, 6.07) is -0.0377. The van der Waals surface area contributed by atoms with E-state index in [1.165, 1.54) is 0 Å². The third kappa shape index (κ3) is 4.64. The summed E-state index contributed by atoms with van der Waals surface area (Å²) >= 11 is 0. The standard InChI is InChI=1S/C13H25N3O2/c1-9(12(18)15-13(2,3)4)14-10-6-7-11(17)16(5)8-10/h9-10,14H,6-8H2,1-5H3,(H,15,18). The Bertz CT molecular complexity index is 323. The number of nitrogens with zero attached hydrogens (tertiary/aromatic N) is 1. The molecular weight excluding hydrogens is 230 g/mol. The summed E-state index contributed by atoms with van der Waals surface area (Å²) in [6.07, 6.45) is 1.36. The van der Waals surface area contributed by atoms with Gasteiger partial charge in [0.25, 0.3) is 0 Å². The first-order valence-electron chi connectivity index (χ1n) is 6.51. The molecule has 104 valence electrons. The molecule has 0 aromatic carbocycles. The first-order valence-corrected chi connectivity index (χ1v) is 6.51. The molecule has 0 aromatic rings. The number of hydrogen-bond acceptors (Lipinski definition) is 3. The molecule has 1 rings (SSSR count). The Labute approximate surface area is 109 Å². The molecule has 0 radical (unpaired) electrons. The van der Waals surface area contributed by atoms with Crippen LogP contribution in [0.5, 0.6) is 0 Å². The predicted molar refractivity (Wildman–Crippen MR) is 71.2 cm³/mol. The fraction of sp³-hybridized carbons (Fsp3) is 0.846. The minimum absolute atomic E-state index is 0.00190. The lowest BCUT2D eigenvalue weighted by Crippen LogP contribution is -2.55. The van der Waals surface area contributed by atoms with Crippen LogP contribution in [-0.2, 0) is 9.59 Å². The summed E-state index contributed by atoms with van der Waals surface area (Å²) in [5.74, 6) is 0.182. The second-order valence-corrected chi connectivity index (χ2v) is 6.14. The van der Waals surface area contributed by atoms with Crippen molar-refractivity contribution in [2.45, 2.75) is 58.2 Å². The fourth-order valence-corrected chi connectivity index (χ4v) is 2.06. The van der Waals surface area contributed by atoms with E-state index in [1.807, 2.05) is 27.7 Å². The normalized spacial score (nSPS) is 22.8. The molecule has 0 saturated carbocycles. The maximum Gasteiger partial charge on any atom is 0.237 e. The van der Waals surface area contributed by atoms with Crippen LogP contribution in [0, 0.1) is 0 Å². The third-order valence-corrected chi connectivity index (χ3v) is 3.00. The number of piperidine rings is 1. The number of likely N-dealkylation sites (N-methyl/N-ethyl adjacent to an activating group) is 1. The zero-order chi connectivity index (χ0) is 13.9. The summed E-state index contributed by atoms with van der Waals surface area (Å²) in [4.78, 5) is 25.0. The van der Waals surface area contributed by atoms with Crippen molar-refractivity contribution in [2.75, 3.05) is 13.6 Å². The first-order chi connectivity index (χ1) is 8.19. The van der Waals surface area contributed by atoms with Gasteiger partial charge in [-0.2, -0.15) is 0 Å². The Balaban J connectivity index is 2.43. The molecule has 1 fully saturated rings. The maximum atomic E-state index is 11.9. The molecule has 5 nitrogen and oxygen atoms in total. The van der Waals surface area contributed by atoms with Crippen LogP contribution in [0.25, 0.3) is 0 Å². The molecule has 2 amide bonds. The molecule has 1 saturated heterocycles. The molecule has 1 aliphatic heterocycles. The number of carbonyl (C=O) groups is 2. The van der Waals surface area contributed by atoms with E-state index < -0.39 is 0 Å². The van der Waals surface area contributed by atoms with Crippen LogP contribution < -0.4 is 10.6 Å². The van der Waals surface area contributed by atoms with Gasteiger partial charge in [0, 0.05) is 31.6 Å². The van der Waals surface area contributed by atoms with Crippen molar-refractivity contribution in [1.29, 1.82) is 0 Å². The Morgan fingerprint density at radius 2 is 2.06 bits per heavy atom. The van der Waals surface area contributed by atoms with Gasteiger partial charge < -0.3 is 15.5 Å². The highest BCUT2D eigenvalue weighted by Crippen LogP contribution is 2.10. The van der Waals surface area contributed by atoms with Gasteiger partial charge in [-0.1, -0.05) is 0 Å². The van der Waals surface area contributed by atoms with E-state index in [-0.39, 0.29) is 29.4 Å². The molecule has 1 aliphatic rings. The van der Waals surface area contributed by atoms with E-state index in [9.17, 15) is 9.59 Å². The molecule has 1 heterocycles. The van der Waals surface area contributed by atoms with E-state index in [1.54, 1.807) is 11.9 Å². The lowest BCUT2D eigenvalue weighted by Gasteiger charge is -2.32. The van der Waals surface area contributed by atoms with Crippen molar-refractivity contribution >= 4 is 11.8 Å². The van der Waals surface area contributed by atoms with E-state index in [0.29, 0.717) is 13.0 Å². The summed E-state index contributed by atoms with van der Waals surface area (Å²) in [5, 5.41) is 6.23. The zero-order valence-electron chi connectivity index (χ0n) is 12.0. The summed E-state index contributed by atoms with van der Waals surface area (Å²) < 4.78 is 0. The Kier molecular flexibility index (Phi) is 4.73. The molecule has 0 aliphatic carbocycles. The van der Waals surface area contributed by atoms with Gasteiger partial charge in [-0.3, -0.25) is 9.59 Å². The minimum atomic E-state index is -0.240. The minimum Gasteiger partial charge on any atom is -0.350 e. The average molecular weight is 255 g/mol. The number of hydrogen-bond donors (Lipinski definition) is 2. The third-order valence-electron chi connectivity index (χ3n) is 3.00. The van der Waals surface area contributed by atoms with Crippen LogP contribution in [0.1, 0.15) is 40.5 Å². The van der Waals surface area contributed by atoms with Gasteiger partial charge in [-0.25, -0.2) is 0 Å². The molecule has 0 aromatic heterocycles. The van der Waals surface area contributed by atoms with Crippen LogP contribution in [0.4, 0.5) is 0 Å². The smallest absolute Gasteiger partial charge is 0.237 e. The van der Waals surface area contributed by atoms with Crippen molar-refractivity contribution in [3.8, 4) is 0 Å². The van der Waals surface area contributed by atoms with Gasteiger partial charge >= 0.3 is 0 Å². The van der Waals surface area contributed by atoms with Gasteiger partial charge in [0.1, 0.15) is 0 Å². The van der Waals surface area contributed by atoms with E-state index in [4.69, 9.17) is 0 Å². The molecule has 0 spiro atoms. The molecule has 2 N–H and O–H groups in total. The van der Waals surface area contributed by atoms with Crippen molar-refractivity contribution in [3.05, 3.63) is 0 Å². The van der Waals surface area contributed by atoms with Gasteiger partial charge in [0.05, 0.1) is 6.04 Å². The molecular formula is C13H25N3O2. The molecule has 2 atom stereocenters. The van der Waals surface area contributed by atoms with E-state index in [2.05, 4.69) is 10.6 Å². The zero-order valence-corrected chi connectivity index (χ0v) is 12.0. The van der Waals surface area contributed by atoms with Gasteiger partial charge in [-0.15, -0.1) is 0 Å². The van der Waals surface area contributed by atoms with Crippen LogP contribution >= 0.6 is 0 Å². The SMILES string of the molecule is CC(NC1CCC(=O)N(C)C1)C(=O)NC(C)(C)C. The summed E-state index contributed by atoms with van der Waals surface area (Å²) in [7, 11) is 1.80. The Morgan fingerprint density at radius 3 is 2.56 bits per heavy atom. The summed E-state index contributed by atoms with van der Waals surface area (Å²) in [6.45, 7) is 8.42. The molecule has 0 bridgehead atoms. The second kappa shape index (κ2) is 5.69. The average Bonchev–Trinajstić information content (AvgIpc) is 2.21. The number of rotatable bonds is 3. The Morgan fingerprint density at radius 1 is 1.44 bits per heavy atom. The van der Waals surface area contributed by atoms with Crippen molar-refractivity contribution in [1.82, 2.24) is 15.5 Å². The monoisotopic (exact) mass is 255 g/mol. The second-order valence-electron chi connectivity index (χ2n) is 6.14. The van der Waals surface area contributed by atoms with Crippen LogP contribution in [0.3, 0.4) is 0 Å². The van der Waals surface area contributed by atoms with Crippen molar-refractivity contribution < 1.29 is 9.59 Å².